The minimum Gasteiger partial charge on any atom is -0.455 e. The van der Waals surface area contributed by atoms with Crippen LogP contribution in [0.15, 0.2) is 77.2 Å². The molecule has 0 amide bonds. The molecule has 3 aromatic heterocycles. The van der Waals surface area contributed by atoms with Crippen LogP contribution in [-0.2, 0) is 0 Å². The van der Waals surface area contributed by atoms with Gasteiger partial charge < -0.3 is 9.40 Å². The van der Waals surface area contributed by atoms with Gasteiger partial charge >= 0.3 is 0 Å². The van der Waals surface area contributed by atoms with Crippen molar-refractivity contribution in [3.63, 3.8) is 0 Å². The second kappa shape index (κ2) is 4.70. The summed E-state index contributed by atoms with van der Waals surface area (Å²) < 4.78 is 8.99. The zero-order valence-corrected chi connectivity index (χ0v) is 16.1. The molecule has 0 aliphatic carbocycles. The van der Waals surface area contributed by atoms with Crippen LogP contribution in [0.1, 0.15) is 0 Å². The van der Waals surface area contributed by atoms with E-state index in [0.29, 0.717) is 0 Å². The SMILES string of the molecule is c1ccc2c(c1)oc1c2cc2[nH]c3cc4sc5ccccc5c4c4ccc1c2c34. The minimum atomic E-state index is 0.945. The Morgan fingerprint density at radius 1 is 0.586 bits per heavy atom. The van der Waals surface area contributed by atoms with Gasteiger partial charge in [0.1, 0.15) is 11.2 Å². The third-order valence-electron chi connectivity index (χ3n) is 6.35. The van der Waals surface area contributed by atoms with E-state index in [0.717, 1.165) is 11.2 Å². The summed E-state index contributed by atoms with van der Waals surface area (Å²) in [4.78, 5) is 3.71. The molecule has 2 nitrogen and oxygen atoms in total. The predicted molar refractivity (Wildman–Crippen MR) is 125 cm³/mol. The van der Waals surface area contributed by atoms with Crippen molar-refractivity contribution in [2.45, 2.75) is 0 Å². The highest BCUT2D eigenvalue weighted by atomic mass is 32.1. The number of benzene rings is 5. The molecule has 0 radical (unpaired) electrons. The molecule has 0 bridgehead atoms. The van der Waals surface area contributed by atoms with Gasteiger partial charge in [0.2, 0.25) is 0 Å². The van der Waals surface area contributed by atoms with Crippen molar-refractivity contribution in [1.82, 2.24) is 4.98 Å². The van der Waals surface area contributed by atoms with Crippen LogP contribution in [0.25, 0.3) is 74.7 Å². The van der Waals surface area contributed by atoms with E-state index < -0.39 is 0 Å². The summed E-state index contributed by atoms with van der Waals surface area (Å²) in [6, 6.07) is 26.1. The second-order valence-electron chi connectivity index (χ2n) is 7.83. The van der Waals surface area contributed by atoms with Crippen LogP contribution < -0.4 is 0 Å². The topological polar surface area (TPSA) is 28.9 Å². The van der Waals surface area contributed by atoms with E-state index in [1.807, 2.05) is 23.5 Å². The van der Waals surface area contributed by atoms with Crippen LogP contribution in [0.5, 0.6) is 0 Å². The minimum absolute atomic E-state index is 0.945. The molecule has 0 fully saturated rings. The highest BCUT2D eigenvalue weighted by Crippen LogP contribution is 2.46. The first-order chi connectivity index (χ1) is 14.4. The van der Waals surface area contributed by atoms with Gasteiger partial charge in [0.05, 0.1) is 0 Å². The smallest absolute Gasteiger partial charge is 0.143 e. The Hall–Kier alpha value is -3.56. The second-order valence-corrected chi connectivity index (χ2v) is 8.91. The van der Waals surface area contributed by atoms with Crippen LogP contribution in [0.3, 0.4) is 0 Å². The third-order valence-corrected chi connectivity index (χ3v) is 7.47. The molecule has 0 spiro atoms. The molecular formula is C26H13NOS. The van der Waals surface area contributed by atoms with E-state index in [9.17, 15) is 0 Å². The Kier molecular flexibility index (Phi) is 2.34. The highest BCUT2D eigenvalue weighted by molar-refractivity contribution is 7.26. The van der Waals surface area contributed by atoms with E-state index in [1.54, 1.807) is 0 Å². The van der Waals surface area contributed by atoms with Crippen molar-refractivity contribution >= 4 is 86.0 Å². The molecule has 3 heteroatoms. The lowest BCUT2D eigenvalue weighted by Crippen LogP contribution is -1.78. The largest absolute Gasteiger partial charge is 0.455 e. The Morgan fingerprint density at radius 2 is 1.34 bits per heavy atom. The van der Waals surface area contributed by atoms with Gasteiger partial charge in [-0.1, -0.05) is 42.5 Å². The number of furan rings is 1. The number of hydrogen-bond acceptors (Lipinski definition) is 2. The summed E-state index contributed by atoms with van der Waals surface area (Å²) in [5.41, 5.74) is 4.32. The third kappa shape index (κ3) is 1.61. The zero-order chi connectivity index (χ0) is 18.7. The van der Waals surface area contributed by atoms with Crippen molar-refractivity contribution in [2.24, 2.45) is 0 Å². The lowest BCUT2D eigenvalue weighted by Gasteiger charge is -2.05. The Labute approximate surface area is 168 Å². The van der Waals surface area contributed by atoms with Crippen LogP contribution in [-0.4, -0.2) is 4.98 Å². The summed E-state index contributed by atoms with van der Waals surface area (Å²) in [6.45, 7) is 0. The summed E-state index contributed by atoms with van der Waals surface area (Å²) >= 11 is 1.87. The number of fused-ring (bicyclic) bond motifs is 8. The number of H-pyrrole nitrogens is 1. The first kappa shape index (κ1) is 14.4. The molecule has 0 aliphatic heterocycles. The molecule has 0 atom stereocenters. The molecule has 0 saturated carbocycles. The fraction of sp³-hybridized carbons (Fsp3) is 0. The highest BCUT2D eigenvalue weighted by Gasteiger charge is 2.20. The normalized spacial score (nSPS) is 12.8. The van der Waals surface area contributed by atoms with Gasteiger partial charge in [-0.25, -0.2) is 0 Å². The van der Waals surface area contributed by atoms with Crippen LogP contribution in [0, 0.1) is 0 Å². The maximum atomic E-state index is 6.31. The standard InChI is InChI=1S/C26H13NOS/c1-3-7-20-13(5-1)17-11-18-25-16(26(17)28-20)10-9-15-23-14-6-2-4-8-21(14)29-22(23)12-19(27-18)24(15)25/h1-12,27H. The van der Waals surface area contributed by atoms with Crippen molar-refractivity contribution in [2.75, 3.05) is 0 Å². The lowest BCUT2D eigenvalue weighted by atomic mass is 9.97. The average Bonchev–Trinajstić information content (AvgIpc) is 3.42. The van der Waals surface area contributed by atoms with E-state index in [1.165, 1.54) is 63.5 Å². The maximum absolute atomic E-state index is 6.31. The number of para-hydroxylation sites is 1. The molecule has 8 rings (SSSR count). The van der Waals surface area contributed by atoms with Crippen molar-refractivity contribution in [3.05, 3.63) is 72.8 Å². The van der Waals surface area contributed by atoms with Crippen LogP contribution >= 0.6 is 11.3 Å². The van der Waals surface area contributed by atoms with Gasteiger partial charge in [-0.05, 0) is 35.7 Å². The van der Waals surface area contributed by atoms with E-state index in [4.69, 9.17) is 4.42 Å². The molecule has 0 unspecified atom stereocenters. The number of aromatic nitrogens is 1. The zero-order valence-electron chi connectivity index (χ0n) is 15.2. The molecule has 29 heavy (non-hydrogen) atoms. The van der Waals surface area contributed by atoms with Crippen molar-refractivity contribution in [3.8, 4) is 0 Å². The number of rotatable bonds is 0. The Morgan fingerprint density at radius 3 is 2.31 bits per heavy atom. The Balaban J connectivity index is 1.68. The van der Waals surface area contributed by atoms with Gasteiger partial charge in [0.15, 0.2) is 0 Å². The van der Waals surface area contributed by atoms with Gasteiger partial charge in [-0.3, -0.25) is 0 Å². The first-order valence-corrected chi connectivity index (χ1v) is 10.6. The summed E-state index contributed by atoms with van der Waals surface area (Å²) in [5, 5.41) is 10.2. The lowest BCUT2D eigenvalue weighted by molar-refractivity contribution is 0.673. The summed E-state index contributed by atoms with van der Waals surface area (Å²) in [5.74, 6) is 0. The summed E-state index contributed by atoms with van der Waals surface area (Å²) in [7, 11) is 0. The molecular weight excluding hydrogens is 374 g/mol. The van der Waals surface area contributed by atoms with Crippen molar-refractivity contribution < 1.29 is 4.42 Å². The monoisotopic (exact) mass is 387 g/mol. The van der Waals surface area contributed by atoms with E-state index in [-0.39, 0.29) is 0 Å². The molecule has 3 heterocycles. The first-order valence-electron chi connectivity index (χ1n) is 9.79. The Bertz CT molecular complexity index is 1910. The molecule has 5 aromatic carbocycles. The predicted octanol–water partition coefficient (Wildman–Crippen LogP) is 8.18. The van der Waals surface area contributed by atoms with E-state index >= 15 is 0 Å². The number of aromatic amines is 1. The van der Waals surface area contributed by atoms with Gasteiger partial charge in [0, 0.05) is 58.1 Å². The molecule has 0 saturated heterocycles. The molecule has 8 aromatic rings. The molecule has 1 N–H and O–H groups in total. The van der Waals surface area contributed by atoms with Gasteiger partial charge in [0.25, 0.3) is 0 Å². The van der Waals surface area contributed by atoms with Crippen LogP contribution in [0.2, 0.25) is 0 Å². The van der Waals surface area contributed by atoms with Crippen molar-refractivity contribution in [1.29, 1.82) is 0 Å². The fourth-order valence-electron chi connectivity index (χ4n) is 5.17. The number of nitrogens with one attached hydrogen (secondary N) is 1. The summed E-state index contributed by atoms with van der Waals surface area (Å²) in [6.07, 6.45) is 0. The maximum Gasteiger partial charge on any atom is 0.143 e. The molecule has 134 valence electrons. The fourth-order valence-corrected chi connectivity index (χ4v) is 6.34. The van der Waals surface area contributed by atoms with Gasteiger partial charge in [-0.2, -0.15) is 0 Å². The number of hydrogen-bond donors (Lipinski definition) is 1. The van der Waals surface area contributed by atoms with E-state index in [2.05, 4.69) is 65.6 Å². The average molecular weight is 387 g/mol. The quantitative estimate of drug-likeness (QED) is 0.261. The number of thiophene rings is 1. The van der Waals surface area contributed by atoms with Gasteiger partial charge in [-0.15, -0.1) is 11.3 Å². The van der Waals surface area contributed by atoms with Crippen LogP contribution in [0.4, 0.5) is 0 Å². The molecule has 0 aliphatic rings.